The van der Waals surface area contributed by atoms with Crippen LogP contribution < -0.4 is 5.32 Å². The lowest BCUT2D eigenvalue weighted by Gasteiger charge is -2.42. The molecule has 3 aromatic rings. The molecule has 0 spiro atoms. The molecular formula is C23H26ClN3O3. The van der Waals surface area contributed by atoms with E-state index in [2.05, 4.69) is 16.4 Å². The number of benzene rings is 2. The molecule has 6 nitrogen and oxygen atoms in total. The molecule has 2 aromatic carbocycles. The Hall–Kier alpha value is -2.38. The molecule has 1 saturated heterocycles. The number of fused-ring (bicyclic) bond motifs is 1. The van der Waals surface area contributed by atoms with Gasteiger partial charge in [0.2, 0.25) is 0 Å². The SMILES string of the molecule is O=C(c1ccc(Cl)cc1)N1CC[C@@H](O)[C@](O)(CNCCc2c[nH]c3ccccc23)C1. The zero-order chi connectivity index (χ0) is 21.1. The molecule has 1 aliphatic rings. The fraction of sp³-hybridized carbons (Fsp3) is 0.348. The fourth-order valence-electron chi connectivity index (χ4n) is 4.05. The number of aromatic nitrogens is 1. The predicted octanol–water partition coefficient (Wildman–Crippen LogP) is 2.59. The van der Waals surface area contributed by atoms with Crippen LogP contribution in [-0.4, -0.2) is 63.9 Å². The molecule has 2 heterocycles. The second-order valence-electron chi connectivity index (χ2n) is 7.93. The number of aliphatic hydroxyl groups is 2. The maximum Gasteiger partial charge on any atom is 0.253 e. The number of carbonyl (C=O) groups excluding carboxylic acids is 1. The minimum Gasteiger partial charge on any atom is -0.390 e. The molecule has 0 unspecified atom stereocenters. The van der Waals surface area contributed by atoms with Crippen molar-refractivity contribution in [3.05, 3.63) is 70.9 Å². The Morgan fingerprint density at radius 1 is 1.23 bits per heavy atom. The Kier molecular flexibility index (Phi) is 6.11. The third-order valence-corrected chi connectivity index (χ3v) is 6.06. The van der Waals surface area contributed by atoms with Gasteiger partial charge in [-0.2, -0.15) is 0 Å². The van der Waals surface area contributed by atoms with Crippen molar-refractivity contribution in [3.63, 3.8) is 0 Å². The van der Waals surface area contributed by atoms with Gasteiger partial charge in [-0.1, -0.05) is 29.8 Å². The van der Waals surface area contributed by atoms with E-state index in [0.717, 1.165) is 11.9 Å². The molecule has 30 heavy (non-hydrogen) atoms. The van der Waals surface area contributed by atoms with Crippen LogP contribution in [0.1, 0.15) is 22.3 Å². The molecule has 1 aliphatic heterocycles. The van der Waals surface area contributed by atoms with Gasteiger partial charge in [-0.15, -0.1) is 0 Å². The topological polar surface area (TPSA) is 88.6 Å². The van der Waals surface area contributed by atoms with E-state index in [1.165, 1.54) is 10.9 Å². The van der Waals surface area contributed by atoms with E-state index in [1.807, 2.05) is 24.4 Å². The number of likely N-dealkylation sites (tertiary alicyclic amines) is 1. The zero-order valence-electron chi connectivity index (χ0n) is 16.6. The summed E-state index contributed by atoms with van der Waals surface area (Å²) in [5.74, 6) is -0.171. The van der Waals surface area contributed by atoms with Crippen molar-refractivity contribution in [2.75, 3.05) is 26.2 Å². The highest BCUT2D eigenvalue weighted by atomic mass is 35.5. The molecule has 1 fully saturated rings. The molecule has 0 bridgehead atoms. The van der Waals surface area contributed by atoms with E-state index < -0.39 is 11.7 Å². The first-order chi connectivity index (χ1) is 14.5. The first-order valence-corrected chi connectivity index (χ1v) is 10.5. The summed E-state index contributed by atoms with van der Waals surface area (Å²) >= 11 is 5.90. The molecule has 0 aliphatic carbocycles. The smallest absolute Gasteiger partial charge is 0.253 e. The van der Waals surface area contributed by atoms with Gasteiger partial charge >= 0.3 is 0 Å². The van der Waals surface area contributed by atoms with Crippen molar-refractivity contribution in [2.24, 2.45) is 0 Å². The molecule has 7 heteroatoms. The van der Waals surface area contributed by atoms with E-state index in [4.69, 9.17) is 11.6 Å². The highest BCUT2D eigenvalue weighted by molar-refractivity contribution is 6.30. The Balaban J connectivity index is 1.35. The quantitative estimate of drug-likeness (QED) is 0.455. The minimum absolute atomic E-state index is 0.0791. The van der Waals surface area contributed by atoms with E-state index in [1.54, 1.807) is 29.2 Å². The van der Waals surface area contributed by atoms with E-state index in [9.17, 15) is 15.0 Å². The molecule has 4 N–H and O–H groups in total. The van der Waals surface area contributed by atoms with Crippen LogP contribution in [0, 0.1) is 0 Å². The van der Waals surface area contributed by atoms with Gasteiger partial charge in [-0.3, -0.25) is 4.79 Å². The largest absolute Gasteiger partial charge is 0.390 e. The van der Waals surface area contributed by atoms with Crippen molar-refractivity contribution in [2.45, 2.75) is 24.5 Å². The standard InChI is InChI=1S/C23H26ClN3O3/c24-18-7-5-16(6-8-18)22(29)27-12-10-21(28)23(30,15-27)14-25-11-9-17-13-26-20-4-2-1-3-19(17)20/h1-8,13,21,25-26,28,30H,9-12,14-15H2/t21-,23+/m1/s1. The van der Waals surface area contributed by atoms with Gasteiger partial charge in [0.25, 0.3) is 5.91 Å². The molecule has 2 atom stereocenters. The zero-order valence-corrected chi connectivity index (χ0v) is 17.4. The Labute approximate surface area is 180 Å². The van der Waals surface area contributed by atoms with Crippen LogP contribution in [0.25, 0.3) is 10.9 Å². The van der Waals surface area contributed by atoms with Gasteiger partial charge < -0.3 is 25.4 Å². The van der Waals surface area contributed by atoms with Crippen molar-refractivity contribution >= 4 is 28.4 Å². The number of aromatic amines is 1. The highest BCUT2D eigenvalue weighted by Crippen LogP contribution is 2.24. The Bertz CT molecular complexity index is 1020. The second-order valence-corrected chi connectivity index (χ2v) is 8.36. The highest BCUT2D eigenvalue weighted by Gasteiger charge is 2.42. The summed E-state index contributed by atoms with van der Waals surface area (Å²) in [5.41, 5.74) is 1.44. The summed E-state index contributed by atoms with van der Waals surface area (Å²) in [6, 6.07) is 14.8. The van der Waals surface area contributed by atoms with Crippen LogP contribution in [0.5, 0.6) is 0 Å². The third kappa shape index (κ3) is 4.37. The van der Waals surface area contributed by atoms with Crippen LogP contribution in [0.3, 0.4) is 0 Å². The number of halogens is 1. The monoisotopic (exact) mass is 427 g/mol. The number of para-hydroxylation sites is 1. The summed E-state index contributed by atoms with van der Waals surface area (Å²) in [4.78, 5) is 17.6. The minimum atomic E-state index is -1.39. The number of hydrogen-bond donors (Lipinski definition) is 4. The van der Waals surface area contributed by atoms with Crippen LogP contribution in [0.2, 0.25) is 5.02 Å². The number of carbonyl (C=O) groups is 1. The Morgan fingerprint density at radius 3 is 2.80 bits per heavy atom. The summed E-state index contributed by atoms with van der Waals surface area (Å²) in [6.07, 6.45) is 2.25. The summed E-state index contributed by atoms with van der Waals surface area (Å²) in [5, 5.41) is 26.5. The van der Waals surface area contributed by atoms with Crippen molar-refractivity contribution < 1.29 is 15.0 Å². The van der Waals surface area contributed by atoms with Crippen LogP contribution in [-0.2, 0) is 6.42 Å². The van der Waals surface area contributed by atoms with E-state index >= 15 is 0 Å². The lowest BCUT2D eigenvalue weighted by atomic mass is 9.89. The van der Waals surface area contributed by atoms with Crippen molar-refractivity contribution in [3.8, 4) is 0 Å². The Morgan fingerprint density at radius 2 is 2.00 bits per heavy atom. The molecule has 1 aromatic heterocycles. The third-order valence-electron chi connectivity index (χ3n) is 5.81. The van der Waals surface area contributed by atoms with Gasteiger partial charge in [0.05, 0.1) is 12.6 Å². The number of hydrogen-bond acceptors (Lipinski definition) is 4. The lowest BCUT2D eigenvalue weighted by molar-refractivity contribution is -0.111. The number of piperidine rings is 1. The lowest BCUT2D eigenvalue weighted by Crippen LogP contribution is -2.62. The molecule has 1 amide bonds. The average Bonchev–Trinajstić information content (AvgIpc) is 3.17. The van der Waals surface area contributed by atoms with E-state index in [-0.39, 0.29) is 19.0 Å². The first kappa shape index (κ1) is 20.9. The summed E-state index contributed by atoms with van der Waals surface area (Å²) < 4.78 is 0. The number of β-amino-alcohol motifs (C(OH)–C–C–N with tert-alkyl or cyclic N) is 1. The molecule has 0 saturated carbocycles. The van der Waals surface area contributed by atoms with Gasteiger partial charge in [-0.25, -0.2) is 0 Å². The van der Waals surface area contributed by atoms with Gasteiger partial charge in [-0.05, 0) is 55.3 Å². The summed E-state index contributed by atoms with van der Waals surface area (Å²) in [7, 11) is 0. The van der Waals surface area contributed by atoms with Crippen LogP contribution in [0.15, 0.2) is 54.7 Å². The van der Waals surface area contributed by atoms with Crippen molar-refractivity contribution in [1.82, 2.24) is 15.2 Å². The maximum absolute atomic E-state index is 12.8. The van der Waals surface area contributed by atoms with Gasteiger partial charge in [0, 0.05) is 40.8 Å². The molecule has 4 rings (SSSR count). The molecular weight excluding hydrogens is 402 g/mol. The number of rotatable bonds is 6. The molecule has 158 valence electrons. The van der Waals surface area contributed by atoms with Gasteiger partial charge in [0.15, 0.2) is 0 Å². The predicted molar refractivity (Wildman–Crippen MR) is 118 cm³/mol. The van der Waals surface area contributed by atoms with Crippen molar-refractivity contribution in [1.29, 1.82) is 0 Å². The average molecular weight is 428 g/mol. The van der Waals surface area contributed by atoms with Crippen LogP contribution >= 0.6 is 11.6 Å². The number of nitrogens with zero attached hydrogens (tertiary/aromatic N) is 1. The number of amides is 1. The number of nitrogens with one attached hydrogen (secondary N) is 2. The second kappa shape index (κ2) is 8.78. The maximum atomic E-state index is 12.8. The number of H-pyrrole nitrogens is 1. The fourth-order valence-corrected chi connectivity index (χ4v) is 4.18. The summed E-state index contributed by atoms with van der Waals surface area (Å²) in [6.45, 7) is 1.35. The van der Waals surface area contributed by atoms with Crippen LogP contribution in [0.4, 0.5) is 0 Å². The first-order valence-electron chi connectivity index (χ1n) is 10.2. The van der Waals surface area contributed by atoms with Gasteiger partial charge in [0.1, 0.15) is 5.60 Å². The number of aliphatic hydroxyl groups excluding tert-OH is 1. The molecule has 0 radical (unpaired) electrons. The van der Waals surface area contributed by atoms with E-state index in [0.29, 0.717) is 30.1 Å². The normalized spacial score (nSPS) is 21.8.